The van der Waals surface area contributed by atoms with Crippen molar-refractivity contribution in [3.8, 4) is 16.5 Å². The van der Waals surface area contributed by atoms with E-state index in [1.54, 1.807) is 12.3 Å². The lowest BCUT2D eigenvalue weighted by Crippen LogP contribution is -2.30. The van der Waals surface area contributed by atoms with Gasteiger partial charge in [-0.3, -0.25) is 9.59 Å². The van der Waals surface area contributed by atoms with Crippen molar-refractivity contribution in [2.24, 2.45) is 5.92 Å². The van der Waals surface area contributed by atoms with E-state index in [0.717, 1.165) is 25.5 Å². The maximum atomic E-state index is 11.8. The number of thiophene rings is 1. The van der Waals surface area contributed by atoms with Crippen molar-refractivity contribution in [1.82, 2.24) is 9.97 Å². The third kappa shape index (κ3) is 4.04. The zero-order valence-corrected chi connectivity index (χ0v) is 16.1. The van der Waals surface area contributed by atoms with Gasteiger partial charge in [0.2, 0.25) is 5.88 Å². The molecule has 0 spiro atoms. The van der Waals surface area contributed by atoms with Crippen LogP contribution in [0.2, 0.25) is 4.34 Å². The standard InChI is InChI=1S/C18H19ClN2O4S/c1-10-17(25-13-5-3-4-11(6-13)18(23)24-2)20-8-14(21-10)16-12(9-22)7-15(19)26-16/h7-9,11,13H,3-6H2,1-2H3/t11-,13-/m0/s1. The van der Waals surface area contributed by atoms with E-state index in [2.05, 4.69) is 9.97 Å². The first-order valence-electron chi connectivity index (χ1n) is 8.34. The molecule has 0 N–H and O–H groups in total. The van der Waals surface area contributed by atoms with Crippen LogP contribution in [0.5, 0.6) is 5.88 Å². The summed E-state index contributed by atoms with van der Waals surface area (Å²) >= 11 is 7.28. The highest BCUT2D eigenvalue weighted by molar-refractivity contribution is 7.19. The Morgan fingerprint density at radius 1 is 1.42 bits per heavy atom. The van der Waals surface area contributed by atoms with Gasteiger partial charge in [0, 0.05) is 5.56 Å². The van der Waals surface area contributed by atoms with Gasteiger partial charge in [-0.2, -0.15) is 0 Å². The van der Waals surface area contributed by atoms with Crippen LogP contribution in [0, 0.1) is 12.8 Å². The largest absolute Gasteiger partial charge is 0.473 e. The quantitative estimate of drug-likeness (QED) is 0.561. The summed E-state index contributed by atoms with van der Waals surface area (Å²) < 4.78 is 11.4. The van der Waals surface area contributed by atoms with Gasteiger partial charge in [-0.25, -0.2) is 9.97 Å². The molecule has 0 aromatic carbocycles. The second kappa shape index (κ2) is 8.14. The van der Waals surface area contributed by atoms with Gasteiger partial charge >= 0.3 is 5.97 Å². The number of methoxy groups -OCH3 is 1. The molecule has 0 aliphatic heterocycles. The zero-order chi connectivity index (χ0) is 18.7. The van der Waals surface area contributed by atoms with Crippen molar-refractivity contribution < 1.29 is 19.1 Å². The Kier molecular flexibility index (Phi) is 5.88. The molecule has 138 valence electrons. The summed E-state index contributed by atoms with van der Waals surface area (Å²) in [5.74, 6) is 0.127. The number of esters is 1. The number of carbonyl (C=O) groups is 2. The van der Waals surface area contributed by atoms with E-state index in [-0.39, 0.29) is 18.0 Å². The Balaban J connectivity index is 1.76. The van der Waals surface area contributed by atoms with Crippen molar-refractivity contribution >= 4 is 35.2 Å². The molecule has 1 aliphatic carbocycles. The van der Waals surface area contributed by atoms with Crippen LogP contribution >= 0.6 is 22.9 Å². The van der Waals surface area contributed by atoms with E-state index >= 15 is 0 Å². The fourth-order valence-corrected chi connectivity index (χ4v) is 4.31. The first-order valence-corrected chi connectivity index (χ1v) is 9.54. The number of halogens is 1. The summed E-state index contributed by atoms with van der Waals surface area (Å²) in [6.45, 7) is 1.81. The van der Waals surface area contributed by atoms with Crippen LogP contribution in [0.15, 0.2) is 12.3 Å². The number of aryl methyl sites for hydroxylation is 1. The molecule has 2 heterocycles. The number of rotatable bonds is 5. The summed E-state index contributed by atoms with van der Waals surface area (Å²) in [5.41, 5.74) is 1.71. The number of nitrogens with zero attached hydrogens (tertiary/aromatic N) is 2. The SMILES string of the molecule is COC(=O)[C@H]1CCC[C@H](Oc2ncc(-c3sc(Cl)cc3C=O)nc2C)C1. The lowest BCUT2D eigenvalue weighted by atomic mass is 9.87. The molecule has 0 radical (unpaired) electrons. The van der Waals surface area contributed by atoms with Gasteiger partial charge in [0.05, 0.1) is 34.1 Å². The molecule has 0 bridgehead atoms. The topological polar surface area (TPSA) is 78.4 Å². The smallest absolute Gasteiger partial charge is 0.308 e. The van der Waals surface area contributed by atoms with E-state index in [1.807, 2.05) is 6.92 Å². The van der Waals surface area contributed by atoms with E-state index in [0.29, 0.717) is 38.5 Å². The zero-order valence-electron chi connectivity index (χ0n) is 14.5. The molecular formula is C18H19ClN2O4S. The summed E-state index contributed by atoms with van der Waals surface area (Å²) in [4.78, 5) is 32.5. The van der Waals surface area contributed by atoms with Gasteiger partial charge in [-0.1, -0.05) is 11.6 Å². The lowest BCUT2D eigenvalue weighted by molar-refractivity contribution is -0.147. The first kappa shape index (κ1) is 18.8. The van der Waals surface area contributed by atoms with Gasteiger partial charge < -0.3 is 9.47 Å². The van der Waals surface area contributed by atoms with Crippen molar-refractivity contribution in [2.75, 3.05) is 7.11 Å². The first-order chi connectivity index (χ1) is 12.5. The molecule has 0 saturated heterocycles. The normalized spacial score (nSPS) is 19.8. The van der Waals surface area contributed by atoms with Crippen LogP contribution in [-0.4, -0.2) is 35.4 Å². The fourth-order valence-electron chi connectivity index (χ4n) is 3.15. The number of hydrogen-bond donors (Lipinski definition) is 0. The molecule has 1 aliphatic rings. The molecule has 0 amide bonds. The third-order valence-corrected chi connectivity index (χ3v) is 5.73. The highest BCUT2D eigenvalue weighted by atomic mass is 35.5. The van der Waals surface area contributed by atoms with Crippen LogP contribution in [0.1, 0.15) is 41.7 Å². The summed E-state index contributed by atoms with van der Waals surface area (Å²) in [6.07, 6.45) is 5.47. The van der Waals surface area contributed by atoms with Crippen molar-refractivity contribution in [3.63, 3.8) is 0 Å². The monoisotopic (exact) mass is 394 g/mol. The van der Waals surface area contributed by atoms with E-state index in [9.17, 15) is 9.59 Å². The Labute approximate surface area is 160 Å². The number of carbonyl (C=O) groups excluding carboxylic acids is 2. The number of aldehydes is 1. The number of aromatic nitrogens is 2. The maximum Gasteiger partial charge on any atom is 0.308 e. The predicted molar refractivity (Wildman–Crippen MR) is 98.9 cm³/mol. The minimum Gasteiger partial charge on any atom is -0.473 e. The second-order valence-corrected chi connectivity index (χ2v) is 7.91. The van der Waals surface area contributed by atoms with E-state index in [1.165, 1.54) is 18.4 Å². The van der Waals surface area contributed by atoms with Gasteiger partial charge in [-0.15, -0.1) is 11.3 Å². The van der Waals surface area contributed by atoms with Crippen LogP contribution in [0.4, 0.5) is 0 Å². The molecule has 2 aromatic heterocycles. The van der Waals surface area contributed by atoms with Gasteiger partial charge in [-0.05, 0) is 38.7 Å². The van der Waals surface area contributed by atoms with Crippen LogP contribution < -0.4 is 4.74 Å². The third-order valence-electron chi connectivity index (χ3n) is 4.43. The van der Waals surface area contributed by atoms with Gasteiger partial charge in [0.1, 0.15) is 11.8 Å². The summed E-state index contributed by atoms with van der Waals surface area (Å²) in [7, 11) is 1.41. The Bertz CT molecular complexity index is 824. The van der Waals surface area contributed by atoms with E-state index in [4.69, 9.17) is 21.1 Å². The van der Waals surface area contributed by atoms with Gasteiger partial charge in [0.15, 0.2) is 6.29 Å². The average Bonchev–Trinajstić information content (AvgIpc) is 3.04. The fraction of sp³-hybridized carbons (Fsp3) is 0.444. The molecular weight excluding hydrogens is 376 g/mol. The van der Waals surface area contributed by atoms with Gasteiger partial charge in [0.25, 0.3) is 0 Å². The molecule has 0 unspecified atom stereocenters. The average molecular weight is 395 g/mol. The Morgan fingerprint density at radius 2 is 2.23 bits per heavy atom. The predicted octanol–water partition coefficient (Wildman–Crippen LogP) is 4.09. The Morgan fingerprint density at radius 3 is 2.92 bits per heavy atom. The van der Waals surface area contributed by atoms with Crippen molar-refractivity contribution in [2.45, 2.75) is 38.7 Å². The lowest BCUT2D eigenvalue weighted by Gasteiger charge is -2.27. The highest BCUT2D eigenvalue weighted by Crippen LogP contribution is 2.35. The minimum atomic E-state index is -0.188. The molecule has 8 heteroatoms. The molecule has 3 rings (SSSR count). The van der Waals surface area contributed by atoms with Crippen LogP contribution in [-0.2, 0) is 9.53 Å². The minimum absolute atomic E-state index is 0.0894. The van der Waals surface area contributed by atoms with Crippen LogP contribution in [0.3, 0.4) is 0 Å². The maximum absolute atomic E-state index is 11.8. The number of hydrogen-bond acceptors (Lipinski definition) is 7. The molecule has 2 aromatic rings. The van der Waals surface area contributed by atoms with Crippen molar-refractivity contribution in [3.05, 3.63) is 27.9 Å². The van der Waals surface area contributed by atoms with Crippen LogP contribution in [0.25, 0.3) is 10.6 Å². The van der Waals surface area contributed by atoms with Crippen molar-refractivity contribution in [1.29, 1.82) is 0 Å². The summed E-state index contributed by atoms with van der Waals surface area (Å²) in [5, 5.41) is 0. The Hall–Kier alpha value is -1.99. The molecule has 1 fully saturated rings. The highest BCUT2D eigenvalue weighted by Gasteiger charge is 2.29. The molecule has 26 heavy (non-hydrogen) atoms. The number of ether oxygens (including phenoxy) is 2. The van der Waals surface area contributed by atoms with E-state index < -0.39 is 0 Å². The summed E-state index contributed by atoms with van der Waals surface area (Å²) in [6, 6.07) is 1.62. The molecule has 6 nitrogen and oxygen atoms in total. The molecule has 1 saturated carbocycles. The molecule has 2 atom stereocenters. The second-order valence-electron chi connectivity index (χ2n) is 6.23.